The number of hydrogen-bond acceptors (Lipinski definition) is 8. The zero-order chi connectivity index (χ0) is 22.0. The summed E-state index contributed by atoms with van der Waals surface area (Å²) in [6.07, 6.45) is 0.767. The Morgan fingerprint density at radius 3 is 2.61 bits per heavy atom. The van der Waals surface area contributed by atoms with Crippen LogP contribution in [0.3, 0.4) is 0 Å². The minimum Gasteiger partial charge on any atom is -0.387 e. The molecule has 1 fully saturated rings. The molecule has 6 atom stereocenters. The lowest BCUT2D eigenvalue weighted by Gasteiger charge is -2.30. The number of nitrogen functional groups attached to an aromatic ring is 1. The van der Waals surface area contributed by atoms with Crippen molar-refractivity contribution in [1.29, 1.82) is 0 Å². The molecule has 3 aromatic rings. The van der Waals surface area contributed by atoms with E-state index in [0.717, 1.165) is 18.4 Å². The van der Waals surface area contributed by atoms with Crippen LogP contribution in [0.25, 0.3) is 11.2 Å². The topological polar surface area (TPSA) is 129 Å². The fourth-order valence-corrected chi connectivity index (χ4v) is 4.16. The number of anilines is 1. The number of ether oxygens (including phenoxy) is 2. The SMILES string of the molecule is CCCC(O[C@H](CC)c1ccccc1)[C@H]1O[C@@H](n2cnc3c(N)ncnc32)[C@H](O)[C@@H]1O. The third-order valence-electron chi connectivity index (χ3n) is 5.76. The van der Waals surface area contributed by atoms with Gasteiger partial charge in [-0.3, -0.25) is 4.57 Å². The third kappa shape index (κ3) is 4.14. The molecule has 1 aromatic carbocycles. The summed E-state index contributed by atoms with van der Waals surface area (Å²) in [5, 5.41) is 21.7. The summed E-state index contributed by atoms with van der Waals surface area (Å²) >= 11 is 0. The van der Waals surface area contributed by atoms with E-state index in [0.29, 0.717) is 17.6 Å². The van der Waals surface area contributed by atoms with E-state index in [9.17, 15) is 10.2 Å². The highest BCUT2D eigenvalue weighted by atomic mass is 16.6. The molecule has 0 bridgehead atoms. The first-order valence-corrected chi connectivity index (χ1v) is 10.7. The van der Waals surface area contributed by atoms with Gasteiger partial charge in [-0.25, -0.2) is 15.0 Å². The van der Waals surface area contributed by atoms with E-state index >= 15 is 0 Å². The molecule has 1 unspecified atom stereocenters. The second-order valence-electron chi connectivity index (χ2n) is 7.83. The summed E-state index contributed by atoms with van der Waals surface area (Å²) in [4.78, 5) is 12.4. The van der Waals surface area contributed by atoms with Gasteiger partial charge in [0.2, 0.25) is 0 Å². The van der Waals surface area contributed by atoms with Gasteiger partial charge >= 0.3 is 0 Å². The molecule has 2 aromatic heterocycles. The second kappa shape index (κ2) is 9.27. The zero-order valence-corrected chi connectivity index (χ0v) is 17.7. The van der Waals surface area contributed by atoms with Gasteiger partial charge in [0.05, 0.1) is 18.5 Å². The van der Waals surface area contributed by atoms with Crippen LogP contribution in [-0.4, -0.2) is 54.1 Å². The molecule has 0 spiro atoms. The van der Waals surface area contributed by atoms with Gasteiger partial charge in [-0.15, -0.1) is 0 Å². The van der Waals surface area contributed by atoms with E-state index in [1.807, 2.05) is 30.3 Å². The van der Waals surface area contributed by atoms with Crippen molar-refractivity contribution in [3.8, 4) is 0 Å². The van der Waals surface area contributed by atoms with Gasteiger partial charge in [-0.05, 0) is 18.4 Å². The molecule has 9 nitrogen and oxygen atoms in total. The first-order chi connectivity index (χ1) is 15.0. The van der Waals surface area contributed by atoms with Gasteiger partial charge in [0.1, 0.15) is 30.2 Å². The molecule has 0 aliphatic carbocycles. The number of aliphatic hydroxyl groups is 2. The van der Waals surface area contributed by atoms with E-state index in [-0.39, 0.29) is 18.0 Å². The fourth-order valence-electron chi connectivity index (χ4n) is 4.16. The van der Waals surface area contributed by atoms with E-state index < -0.39 is 24.5 Å². The number of nitrogens with zero attached hydrogens (tertiary/aromatic N) is 4. The Labute approximate surface area is 180 Å². The predicted molar refractivity (Wildman–Crippen MR) is 115 cm³/mol. The van der Waals surface area contributed by atoms with Crippen LogP contribution >= 0.6 is 0 Å². The zero-order valence-electron chi connectivity index (χ0n) is 17.7. The molecule has 3 heterocycles. The van der Waals surface area contributed by atoms with E-state index in [2.05, 4.69) is 28.8 Å². The average molecular weight is 428 g/mol. The van der Waals surface area contributed by atoms with Crippen LogP contribution in [0.4, 0.5) is 5.82 Å². The minimum absolute atomic E-state index is 0.133. The van der Waals surface area contributed by atoms with Crippen molar-refractivity contribution < 1.29 is 19.7 Å². The van der Waals surface area contributed by atoms with Crippen molar-refractivity contribution in [3.05, 3.63) is 48.5 Å². The summed E-state index contributed by atoms with van der Waals surface area (Å²) in [5.41, 5.74) is 7.81. The molecular formula is C22H29N5O4. The van der Waals surface area contributed by atoms with Crippen LogP contribution in [0.2, 0.25) is 0 Å². The maximum absolute atomic E-state index is 10.9. The van der Waals surface area contributed by atoms with Crippen LogP contribution < -0.4 is 5.73 Å². The first-order valence-electron chi connectivity index (χ1n) is 10.7. The monoisotopic (exact) mass is 427 g/mol. The summed E-state index contributed by atoms with van der Waals surface area (Å²) in [6.45, 7) is 4.12. The molecule has 4 N–H and O–H groups in total. The number of imidazole rings is 1. The van der Waals surface area contributed by atoms with Crippen LogP contribution in [-0.2, 0) is 9.47 Å². The summed E-state index contributed by atoms with van der Waals surface area (Å²) in [5.74, 6) is 0.245. The summed E-state index contributed by atoms with van der Waals surface area (Å²) in [7, 11) is 0. The Kier molecular flexibility index (Phi) is 6.47. The predicted octanol–water partition coefficient (Wildman–Crippen LogP) is 2.36. The molecule has 0 radical (unpaired) electrons. The van der Waals surface area contributed by atoms with Crippen LogP contribution in [0.1, 0.15) is 51.0 Å². The first kappa shape index (κ1) is 21.6. The highest BCUT2D eigenvalue weighted by molar-refractivity contribution is 5.81. The van der Waals surface area contributed by atoms with Gasteiger partial charge in [0, 0.05) is 0 Å². The number of rotatable bonds is 8. The lowest BCUT2D eigenvalue weighted by molar-refractivity contribution is -0.132. The Balaban J connectivity index is 1.59. The maximum Gasteiger partial charge on any atom is 0.167 e. The molecule has 31 heavy (non-hydrogen) atoms. The average Bonchev–Trinajstić information content (AvgIpc) is 3.34. The molecule has 166 valence electrons. The molecule has 1 saturated heterocycles. The van der Waals surface area contributed by atoms with Crippen LogP contribution in [0, 0.1) is 0 Å². The maximum atomic E-state index is 10.9. The quantitative estimate of drug-likeness (QED) is 0.500. The largest absolute Gasteiger partial charge is 0.387 e. The highest BCUT2D eigenvalue weighted by Gasteiger charge is 2.48. The lowest BCUT2D eigenvalue weighted by atomic mass is 10.0. The van der Waals surface area contributed by atoms with Gasteiger partial charge in [0.15, 0.2) is 17.7 Å². The normalized spacial score (nSPS) is 25.7. The standard InChI is InChI=1S/C22H29N5O4/c1-3-8-15(30-14(4-2)13-9-6-5-7-10-13)19-17(28)18(29)22(31-19)27-12-26-16-20(23)24-11-25-21(16)27/h5-7,9-12,14-15,17-19,22,28-29H,3-4,8H2,1-2H3,(H2,23,24,25)/t14-,15?,17+,18-,19-,22-/m1/s1. The molecule has 1 aliphatic heterocycles. The van der Waals surface area contributed by atoms with Crippen molar-refractivity contribution in [1.82, 2.24) is 19.5 Å². The Hall–Kier alpha value is -2.59. The second-order valence-corrected chi connectivity index (χ2v) is 7.83. The van der Waals surface area contributed by atoms with E-state index in [4.69, 9.17) is 15.2 Å². The Bertz CT molecular complexity index is 998. The van der Waals surface area contributed by atoms with Gasteiger partial charge in [-0.2, -0.15) is 0 Å². The number of nitrogens with two attached hydrogens (primary N) is 1. The molecule has 9 heteroatoms. The molecule has 4 rings (SSSR count). The third-order valence-corrected chi connectivity index (χ3v) is 5.76. The van der Waals surface area contributed by atoms with Crippen molar-refractivity contribution in [2.24, 2.45) is 0 Å². The van der Waals surface area contributed by atoms with Crippen molar-refractivity contribution in [2.75, 3.05) is 5.73 Å². The fraction of sp³-hybridized carbons (Fsp3) is 0.500. The number of aromatic nitrogens is 4. The number of benzene rings is 1. The number of fused-ring (bicyclic) bond motifs is 1. The van der Waals surface area contributed by atoms with Gasteiger partial charge in [0.25, 0.3) is 0 Å². The van der Waals surface area contributed by atoms with Crippen molar-refractivity contribution in [3.63, 3.8) is 0 Å². The minimum atomic E-state index is -1.17. The van der Waals surface area contributed by atoms with Crippen molar-refractivity contribution >= 4 is 17.0 Å². The van der Waals surface area contributed by atoms with Crippen molar-refractivity contribution in [2.45, 2.75) is 69.9 Å². The van der Waals surface area contributed by atoms with Crippen LogP contribution in [0.15, 0.2) is 43.0 Å². The molecule has 0 amide bonds. The van der Waals surface area contributed by atoms with Gasteiger partial charge in [-0.1, -0.05) is 50.6 Å². The molecular weight excluding hydrogens is 398 g/mol. The summed E-state index contributed by atoms with van der Waals surface area (Å²) in [6, 6.07) is 9.99. The number of hydrogen-bond donors (Lipinski definition) is 3. The lowest BCUT2D eigenvalue weighted by Crippen LogP contribution is -2.40. The highest BCUT2D eigenvalue weighted by Crippen LogP contribution is 2.37. The molecule has 0 saturated carbocycles. The van der Waals surface area contributed by atoms with E-state index in [1.165, 1.54) is 12.7 Å². The van der Waals surface area contributed by atoms with Gasteiger partial charge < -0.3 is 25.4 Å². The molecule has 1 aliphatic rings. The van der Waals surface area contributed by atoms with Crippen LogP contribution in [0.5, 0.6) is 0 Å². The van der Waals surface area contributed by atoms with E-state index in [1.54, 1.807) is 4.57 Å². The smallest absolute Gasteiger partial charge is 0.167 e. The Morgan fingerprint density at radius 2 is 1.90 bits per heavy atom. The number of aliphatic hydroxyl groups excluding tert-OH is 2. The summed E-state index contributed by atoms with van der Waals surface area (Å²) < 4.78 is 14.2. The Morgan fingerprint density at radius 1 is 1.13 bits per heavy atom.